The molecular weight excluding hydrogens is 252 g/mol. The molecule has 3 rings (SSSR count). The van der Waals surface area contributed by atoms with Gasteiger partial charge < -0.3 is 10.6 Å². The minimum atomic E-state index is 0.286. The largest absolute Gasteiger partial charge is 0.327 e. The molecule has 1 aromatic heterocycles. The van der Waals surface area contributed by atoms with Crippen molar-refractivity contribution in [3.63, 3.8) is 0 Å². The molecule has 1 aliphatic rings. The van der Waals surface area contributed by atoms with Crippen molar-refractivity contribution in [2.75, 3.05) is 18.4 Å². The summed E-state index contributed by atoms with van der Waals surface area (Å²) in [5.74, 6) is 0. The number of carbonyl (C=O) groups is 1. The number of nitrogens with zero attached hydrogens (tertiary/aromatic N) is 2. The number of aromatic nitrogens is 2. The van der Waals surface area contributed by atoms with Crippen LogP contribution in [0.3, 0.4) is 0 Å². The molecule has 1 saturated heterocycles. The molecule has 1 aliphatic heterocycles. The van der Waals surface area contributed by atoms with Gasteiger partial charge in [0.1, 0.15) is 10.7 Å². The zero-order valence-electron chi connectivity index (χ0n) is 9.69. The van der Waals surface area contributed by atoms with Crippen molar-refractivity contribution in [2.24, 2.45) is 0 Å². The molecule has 1 fully saturated rings. The molecule has 2 N–H and O–H groups in total. The molecule has 0 radical (unpaired) electrons. The first-order valence-electron chi connectivity index (χ1n) is 5.89. The Balaban J connectivity index is 2.13. The molecule has 0 spiro atoms. The highest BCUT2D eigenvalue weighted by molar-refractivity contribution is 6.34. The van der Waals surface area contributed by atoms with E-state index in [1.54, 1.807) is 0 Å². The van der Waals surface area contributed by atoms with Gasteiger partial charge in [0.15, 0.2) is 0 Å². The first kappa shape index (κ1) is 11.5. The topological polar surface area (TPSA) is 59.0 Å². The van der Waals surface area contributed by atoms with E-state index in [2.05, 4.69) is 15.7 Å². The molecule has 1 aromatic carbocycles. The quantitative estimate of drug-likeness (QED) is 0.831. The zero-order chi connectivity index (χ0) is 12.5. The monoisotopic (exact) mass is 264 g/mol. The first-order chi connectivity index (χ1) is 8.81. The fourth-order valence-corrected chi connectivity index (χ4v) is 2.69. The predicted molar refractivity (Wildman–Crippen MR) is 71.0 cm³/mol. The van der Waals surface area contributed by atoms with Gasteiger partial charge in [-0.2, -0.15) is 5.10 Å². The van der Waals surface area contributed by atoms with E-state index in [4.69, 9.17) is 11.6 Å². The second-order valence-corrected chi connectivity index (χ2v) is 4.70. The number of fused-ring (bicyclic) bond motifs is 1. The van der Waals surface area contributed by atoms with Crippen molar-refractivity contribution in [1.82, 2.24) is 15.1 Å². The number of hydrogen-bond acceptors (Lipinski definition) is 3. The molecule has 1 unspecified atom stereocenters. The molecule has 6 heteroatoms. The van der Waals surface area contributed by atoms with Gasteiger partial charge in [-0.05, 0) is 25.1 Å². The third kappa shape index (κ3) is 1.76. The number of benzene rings is 1. The van der Waals surface area contributed by atoms with Crippen molar-refractivity contribution in [3.05, 3.63) is 23.4 Å². The average molecular weight is 265 g/mol. The highest BCUT2D eigenvalue weighted by atomic mass is 35.5. The SMILES string of the molecule is O=CNc1cccc2c(Cl)n(C3CCNC3)nc12. The van der Waals surface area contributed by atoms with Gasteiger partial charge in [0, 0.05) is 11.9 Å². The van der Waals surface area contributed by atoms with Gasteiger partial charge in [0.25, 0.3) is 0 Å². The summed E-state index contributed by atoms with van der Waals surface area (Å²) in [5.41, 5.74) is 1.43. The molecule has 2 aromatic rings. The maximum atomic E-state index is 10.6. The Labute approximate surface area is 109 Å². The molecule has 1 amide bonds. The lowest BCUT2D eigenvalue weighted by Gasteiger charge is -2.09. The minimum Gasteiger partial charge on any atom is -0.327 e. The number of rotatable bonds is 3. The van der Waals surface area contributed by atoms with Crippen LogP contribution >= 0.6 is 11.6 Å². The molecule has 0 saturated carbocycles. The summed E-state index contributed by atoms with van der Waals surface area (Å²) < 4.78 is 1.85. The van der Waals surface area contributed by atoms with E-state index in [0.29, 0.717) is 17.3 Å². The van der Waals surface area contributed by atoms with Crippen LogP contribution in [0.4, 0.5) is 5.69 Å². The van der Waals surface area contributed by atoms with Gasteiger partial charge in [-0.25, -0.2) is 4.68 Å². The summed E-state index contributed by atoms with van der Waals surface area (Å²) in [6.07, 6.45) is 1.67. The number of hydrogen-bond donors (Lipinski definition) is 2. The van der Waals surface area contributed by atoms with E-state index in [9.17, 15) is 4.79 Å². The summed E-state index contributed by atoms with van der Waals surface area (Å²) in [6.45, 7) is 1.86. The number of carbonyl (C=O) groups excluding carboxylic acids is 1. The van der Waals surface area contributed by atoms with Crippen LogP contribution in [0.1, 0.15) is 12.5 Å². The summed E-state index contributed by atoms with van der Waals surface area (Å²) in [7, 11) is 0. The molecule has 0 aliphatic carbocycles. The summed E-state index contributed by atoms with van der Waals surface area (Å²) in [6, 6.07) is 5.88. The second kappa shape index (κ2) is 4.59. The molecule has 5 nitrogen and oxygen atoms in total. The predicted octanol–water partition coefficient (Wildman–Crippen LogP) is 1.79. The zero-order valence-corrected chi connectivity index (χ0v) is 10.4. The van der Waals surface area contributed by atoms with Crippen LogP contribution in [0.15, 0.2) is 18.2 Å². The van der Waals surface area contributed by atoms with Gasteiger partial charge in [0.2, 0.25) is 6.41 Å². The maximum Gasteiger partial charge on any atom is 0.211 e. The van der Waals surface area contributed by atoms with Crippen LogP contribution in [-0.2, 0) is 4.79 Å². The lowest BCUT2D eigenvalue weighted by molar-refractivity contribution is -0.105. The first-order valence-corrected chi connectivity index (χ1v) is 6.26. The fourth-order valence-electron chi connectivity index (χ4n) is 2.36. The van der Waals surface area contributed by atoms with E-state index in [1.807, 2.05) is 22.9 Å². The molecular formula is C12H13ClN4O. The molecule has 2 heterocycles. The maximum absolute atomic E-state index is 10.6. The lowest BCUT2D eigenvalue weighted by Crippen LogP contribution is -2.14. The highest BCUT2D eigenvalue weighted by Crippen LogP contribution is 2.31. The Morgan fingerprint density at radius 1 is 1.56 bits per heavy atom. The van der Waals surface area contributed by atoms with Crippen molar-refractivity contribution in [1.29, 1.82) is 0 Å². The Kier molecular flexibility index (Phi) is 2.93. The van der Waals surface area contributed by atoms with E-state index in [1.165, 1.54) is 0 Å². The summed E-state index contributed by atoms with van der Waals surface area (Å²) in [4.78, 5) is 10.6. The molecule has 94 valence electrons. The molecule has 18 heavy (non-hydrogen) atoms. The summed E-state index contributed by atoms with van der Waals surface area (Å²) >= 11 is 6.37. The van der Waals surface area contributed by atoms with Gasteiger partial charge in [-0.1, -0.05) is 17.7 Å². The van der Waals surface area contributed by atoms with Gasteiger partial charge >= 0.3 is 0 Å². The Hall–Kier alpha value is -1.59. The minimum absolute atomic E-state index is 0.286. The van der Waals surface area contributed by atoms with Gasteiger partial charge in [0.05, 0.1) is 11.7 Å². The lowest BCUT2D eigenvalue weighted by atomic mass is 10.2. The van der Waals surface area contributed by atoms with Crippen LogP contribution in [-0.4, -0.2) is 29.3 Å². The van der Waals surface area contributed by atoms with E-state index < -0.39 is 0 Å². The van der Waals surface area contributed by atoms with Crippen molar-refractivity contribution < 1.29 is 4.79 Å². The third-order valence-electron chi connectivity index (χ3n) is 3.26. The number of anilines is 1. The van der Waals surface area contributed by atoms with Gasteiger partial charge in [-0.15, -0.1) is 0 Å². The van der Waals surface area contributed by atoms with Crippen molar-refractivity contribution in [2.45, 2.75) is 12.5 Å². The second-order valence-electron chi connectivity index (χ2n) is 4.35. The molecule has 0 bridgehead atoms. The Morgan fingerprint density at radius 3 is 3.17 bits per heavy atom. The number of halogens is 1. The van der Waals surface area contributed by atoms with Crippen molar-refractivity contribution in [3.8, 4) is 0 Å². The molecule has 1 atom stereocenters. The van der Waals surface area contributed by atoms with Gasteiger partial charge in [-0.3, -0.25) is 4.79 Å². The van der Waals surface area contributed by atoms with Crippen LogP contribution in [0.5, 0.6) is 0 Å². The van der Waals surface area contributed by atoms with Crippen LogP contribution in [0, 0.1) is 0 Å². The smallest absolute Gasteiger partial charge is 0.211 e. The average Bonchev–Trinajstić information content (AvgIpc) is 2.99. The normalized spacial score (nSPS) is 19.3. The fraction of sp³-hybridized carbons (Fsp3) is 0.333. The number of nitrogens with one attached hydrogen (secondary N) is 2. The van der Waals surface area contributed by atoms with Crippen LogP contribution < -0.4 is 10.6 Å². The Bertz CT molecular complexity index is 589. The van der Waals surface area contributed by atoms with Crippen molar-refractivity contribution >= 4 is 34.6 Å². The highest BCUT2D eigenvalue weighted by Gasteiger charge is 2.22. The van der Waals surface area contributed by atoms with E-state index in [0.717, 1.165) is 30.4 Å². The standard InChI is InChI=1S/C12H13ClN4O/c13-12-9-2-1-3-10(15-7-18)11(9)16-17(12)8-4-5-14-6-8/h1-3,7-8,14H,4-6H2,(H,15,18). The van der Waals surface area contributed by atoms with E-state index >= 15 is 0 Å². The third-order valence-corrected chi connectivity index (χ3v) is 3.64. The Morgan fingerprint density at radius 2 is 2.44 bits per heavy atom. The van der Waals surface area contributed by atoms with Crippen LogP contribution in [0.2, 0.25) is 5.15 Å². The number of amides is 1. The van der Waals surface area contributed by atoms with E-state index in [-0.39, 0.29) is 6.04 Å². The summed E-state index contributed by atoms with van der Waals surface area (Å²) in [5, 5.41) is 12.0. The van der Waals surface area contributed by atoms with Crippen LogP contribution in [0.25, 0.3) is 10.9 Å².